The smallest absolute Gasteiger partial charge is 0.355 e. The van der Waals surface area contributed by atoms with Crippen molar-refractivity contribution < 1.29 is 18.0 Å². The number of tetrazole rings is 1. The summed E-state index contributed by atoms with van der Waals surface area (Å²) in [6, 6.07) is 8.22. The minimum absolute atomic E-state index is 0.146. The van der Waals surface area contributed by atoms with Crippen molar-refractivity contribution in [3.63, 3.8) is 0 Å². The van der Waals surface area contributed by atoms with Crippen molar-refractivity contribution in [3.05, 3.63) is 42.0 Å². The number of piperidine rings is 1. The van der Waals surface area contributed by atoms with Crippen LogP contribution < -0.4 is 10.2 Å². The number of hydrogen-bond acceptors (Lipinski definition) is 6. The zero-order chi connectivity index (χ0) is 19.7. The molecule has 4 rings (SSSR count). The van der Waals surface area contributed by atoms with Crippen LogP contribution >= 0.6 is 0 Å². The molecule has 0 bridgehead atoms. The number of alkyl halides is 3. The Morgan fingerprint density at radius 2 is 1.93 bits per heavy atom. The van der Waals surface area contributed by atoms with Crippen LogP contribution in [-0.2, 0) is 11.0 Å². The minimum atomic E-state index is -4.44. The molecule has 1 amide bonds. The highest BCUT2D eigenvalue weighted by Crippen LogP contribution is 2.31. The second kappa shape index (κ2) is 7.06. The van der Waals surface area contributed by atoms with Crippen molar-refractivity contribution in [2.24, 2.45) is 5.92 Å². The number of carbonyl (C=O) groups excluding carboxylic acids is 1. The van der Waals surface area contributed by atoms with Gasteiger partial charge in [0.25, 0.3) is 0 Å². The number of hydrogen-bond donors (Lipinski definition) is 1. The number of aromatic nitrogens is 5. The lowest BCUT2D eigenvalue weighted by Gasteiger charge is -2.31. The number of nitrogens with zero attached hydrogens (tertiary/aromatic N) is 6. The number of rotatable bonds is 3. The van der Waals surface area contributed by atoms with Gasteiger partial charge in [0.15, 0.2) is 11.5 Å². The van der Waals surface area contributed by atoms with E-state index in [-0.39, 0.29) is 17.5 Å². The largest absolute Gasteiger partial charge is 0.416 e. The lowest BCUT2D eigenvalue weighted by Crippen LogP contribution is -2.38. The summed E-state index contributed by atoms with van der Waals surface area (Å²) in [6.07, 6.45) is -3.31. The van der Waals surface area contributed by atoms with Crippen molar-refractivity contribution in [1.82, 2.24) is 25.3 Å². The van der Waals surface area contributed by atoms with Crippen LogP contribution in [0.3, 0.4) is 0 Å². The average Bonchev–Trinajstić information content (AvgIpc) is 3.15. The van der Waals surface area contributed by atoms with Gasteiger partial charge in [0.05, 0.1) is 5.56 Å². The molecule has 0 aliphatic carbocycles. The molecule has 0 spiro atoms. The predicted octanol–water partition coefficient (Wildman–Crippen LogP) is 2.39. The van der Waals surface area contributed by atoms with Gasteiger partial charge in [0.2, 0.25) is 5.91 Å². The van der Waals surface area contributed by atoms with Crippen LogP contribution in [0.25, 0.3) is 5.65 Å². The highest BCUT2D eigenvalue weighted by atomic mass is 19.4. The van der Waals surface area contributed by atoms with Crippen molar-refractivity contribution in [3.8, 4) is 0 Å². The van der Waals surface area contributed by atoms with E-state index >= 15 is 0 Å². The summed E-state index contributed by atoms with van der Waals surface area (Å²) in [4.78, 5) is 14.5. The molecule has 0 atom stereocenters. The molecule has 1 fully saturated rings. The van der Waals surface area contributed by atoms with E-state index in [0.717, 1.165) is 12.1 Å². The molecular weight excluding hydrogens is 375 g/mol. The Morgan fingerprint density at radius 1 is 1.14 bits per heavy atom. The number of amides is 1. The molecule has 146 valence electrons. The van der Waals surface area contributed by atoms with Crippen LogP contribution in [0.2, 0.25) is 0 Å². The number of carbonyl (C=O) groups is 1. The van der Waals surface area contributed by atoms with Gasteiger partial charge in [-0.2, -0.15) is 13.2 Å². The summed E-state index contributed by atoms with van der Waals surface area (Å²) < 4.78 is 39.7. The number of anilines is 2. The Balaban J connectivity index is 1.37. The van der Waals surface area contributed by atoms with Gasteiger partial charge in [-0.1, -0.05) is 6.07 Å². The lowest BCUT2D eigenvalue weighted by molar-refractivity contribution is -0.137. The normalized spacial score (nSPS) is 15.8. The van der Waals surface area contributed by atoms with Crippen LogP contribution in [0.4, 0.5) is 24.7 Å². The second-order valence-corrected chi connectivity index (χ2v) is 6.55. The van der Waals surface area contributed by atoms with Gasteiger partial charge in [-0.15, -0.1) is 14.8 Å². The first kappa shape index (κ1) is 18.1. The Kier molecular flexibility index (Phi) is 4.57. The molecule has 1 aliphatic heterocycles. The third-order valence-corrected chi connectivity index (χ3v) is 4.70. The fourth-order valence-corrected chi connectivity index (χ4v) is 3.20. The maximum atomic E-state index is 12.8. The highest BCUT2D eigenvalue weighted by Gasteiger charge is 2.31. The molecule has 28 heavy (non-hydrogen) atoms. The van der Waals surface area contributed by atoms with Gasteiger partial charge in [-0.3, -0.25) is 4.79 Å². The summed E-state index contributed by atoms with van der Waals surface area (Å²) in [6.45, 7) is 1.20. The Bertz CT molecular complexity index is 996. The van der Waals surface area contributed by atoms with Gasteiger partial charge >= 0.3 is 6.18 Å². The Hall–Kier alpha value is -3.24. The topological polar surface area (TPSA) is 88.3 Å². The first-order chi connectivity index (χ1) is 13.4. The van der Waals surface area contributed by atoms with E-state index in [1.165, 1.54) is 16.8 Å². The van der Waals surface area contributed by atoms with Crippen LogP contribution in [-0.4, -0.2) is 44.3 Å². The number of fused-ring (bicyclic) bond motifs is 1. The lowest BCUT2D eigenvalue weighted by atomic mass is 9.95. The fraction of sp³-hybridized carbons (Fsp3) is 0.353. The van der Waals surface area contributed by atoms with E-state index in [1.807, 2.05) is 11.0 Å². The molecule has 1 N–H and O–H groups in total. The van der Waals surface area contributed by atoms with Gasteiger partial charge in [-0.25, -0.2) is 0 Å². The molecule has 1 aromatic carbocycles. The Labute approximate surface area is 157 Å². The molecule has 3 heterocycles. The summed E-state index contributed by atoms with van der Waals surface area (Å²) in [5.41, 5.74) is -0.101. The van der Waals surface area contributed by atoms with E-state index in [1.54, 1.807) is 6.07 Å². The van der Waals surface area contributed by atoms with Crippen LogP contribution in [0.1, 0.15) is 18.4 Å². The van der Waals surface area contributed by atoms with E-state index in [9.17, 15) is 18.0 Å². The van der Waals surface area contributed by atoms with E-state index < -0.39 is 11.7 Å². The second-order valence-electron chi connectivity index (χ2n) is 6.55. The van der Waals surface area contributed by atoms with Crippen LogP contribution in [0.5, 0.6) is 0 Å². The first-order valence-corrected chi connectivity index (χ1v) is 8.69. The summed E-state index contributed by atoms with van der Waals surface area (Å²) in [5, 5.41) is 18.0. The molecule has 1 saturated heterocycles. The molecule has 0 unspecified atom stereocenters. The standard InChI is InChI=1S/C17H16F3N7O/c18-17(19,20)12-2-1-3-13(10-12)21-16(28)11-6-8-26(9-7-11)15-5-4-14-22-24-25-27(14)23-15/h1-5,10-11H,6-9H2,(H,21,28). The van der Waals surface area contributed by atoms with Crippen LogP contribution in [0, 0.1) is 5.92 Å². The fourth-order valence-electron chi connectivity index (χ4n) is 3.20. The predicted molar refractivity (Wildman–Crippen MR) is 93.6 cm³/mol. The maximum absolute atomic E-state index is 12.8. The monoisotopic (exact) mass is 391 g/mol. The number of halogens is 3. The van der Waals surface area contributed by atoms with Crippen molar-refractivity contribution >= 4 is 23.1 Å². The van der Waals surface area contributed by atoms with Crippen molar-refractivity contribution in [1.29, 1.82) is 0 Å². The SMILES string of the molecule is O=C(Nc1cccc(C(F)(F)F)c1)C1CCN(c2ccc3nnnn3n2)CC1. The third-order valence-electron chi connectivity index (χ3n) is 4.70. The molecule has 2 aromatic heterocycles. The summed E-state index contributed by atoms with van der Waals surface area (Å²) in [7, 11) is 0. The molecule has 8 nitrogen and oxygen atoms in total. The van der Waals surface area contributed by atoms with Gasteiger partial charge in [0, 0.05) is 24.7 Å². The number of nitrogens with one attached hydrogen (secondary N) is 1. The zero-order valence-corrected chi connectivity index (χ0v) is 14.6. The van der Waals surface area contributed by atoms with Crippen LogP contribution in [0.15, 0.2) is 36.4 Å². The van der Waals surface area contributed by atoms with Crippen molar-refractivity contribution in [2.75, 3.05) is 23.3 Å². The molecule has 0 saturated carbocycles. The molecule has 3 aromatic rings. The molecular formula is C17H16F3N7O. The summed E-state index contributed by atoms with van der Waals surface area (Å²) in [5.74, 6) is 0.155. The first-order valence-electron chi connectivity index (χ1n) is 8.69. The van der Waals surface area contributed by atoms with Crippen molar-refractivity contribution in [2.45, 2.75) is 19.0 Å². The van der Waals surface area contributed by atoms with E-state index in [2.05, 4.69) is 25.9 Å². The molecule has 11 heteroatoms. The highest BCUT2D eigenvalue weighted by molar-refractivity contribution is 5.92. The molecule has 1 aliphatic rings. The average molecular weight is 391 g/mol. The van der Waals surface area contributed by atoms with Gasteiger partial charge in [0.1, 0.15) is 0 Å². The molecule has 0 radical (unpaired) electrons. The summed E-state index contributed by atoms with van der Waals surface area (Å²) >= 11 is 0. The Morgan fingerprint density at radius 3 is 2.68 bits per heavy atom. The number of benzene rings is 1. The van der Waals surface area contributed by atoms with Gasteiger partial charge in [-0.05, 0) is 53.6 Å². The maximum Gasteiger partial charge on any atom is 0.416 e. The quantitative estimate of drug-likeness (QED) is 0.738. The third kappa shape index (κ3) is 3.73. The minimum Gasteiger partial charge on any atom is -0.355 e. The van der Waals surface area contributed by atoms with E-state index in [4.69, 9.17) is 0 Å². The van der Waals surface area contributed by atoms with Gasteiger partial charge < -0.3 is 10.2 Å². The zero-order valence-electron chi connectivity index (χ0n) is 14.6. The van der Waals surface area contributed by atoms with E-state index in [0.29, 0.717) is 37.4 Å².